The summed E-state index contributed by atoms with van der Waals surface area (Å²) in [4.78, 5) is 1.16. The van der Waals surface area contributed by atoms with Crippen LogP contribution >= 0.6 is 24.0 Å². The summed E-state index contributed by atoms with van der Waals surface area (Å²) in [6, 6.07) is 6.57. The summed E-state index contributed by atoms with van der Waals surface area (Å²) in [5.41, 5.74) is 0.885. The highest BCUT2D eigenvalue weighted by molar-refractivity contribution is 8.25. The van der Waals surface area contributed by atoms with Crippen molar-refractivity contribution in [3.63, 3.8) is 0 Å². The molecule has 3 heteroatoms. The van der Waals surface area contributed by atoms with E-state index in [2.05, 4.69) is 6.92 Å². The first kappa shape index (κ1) is 12.4. The molecular formula is C12H13FS2. The van der Waals surface area contributed by atoms with E-state index < -0.39 is 0 Å². The van der Waals surface area contributed by atoms with Crippen molar-refractivity contribution in [1.29, 1.82) is 0 Å². The van der Waals surface area contributed by atoms with E-state index in [1.54, 1.807) is 17.8 Å². The predicted octanol–water partition coefficient (Wildman–Crippen LogP) is 4.66. The Morgan fingerprint density at radius 3 is 2.80 bits per heavy atom. The van der Waals surface area contributed by atoms with Crippen LogP contribution in [-0.2, 0) is 0 Å². The lowest BCUT2D eigenvalue weighted by Crippen LogP contribution is -1.82. The fraction of sp³-hybridized carbons (Fsp3) is 0.250. The molecule has 0 aromatic heterocycles. The minimum Gasteiger partial charge on any atom is -0.207 e. The van der Waals surface area contributed by atoms with Crippen LogP contribution in [0.3, 0.4) is 0 Å². The van der Waals surface area contributed by atoms with Crippen molar-refractivity contribution in [2.24, 2.45) is 0 Å². The molecular weight excluding hydrogens is 227 g/mol. The zero-order valence-electron chi connectivity index (χ0n) is 8.79. The zero-order chi connectivity index (χ0) is 11.3. The molecule has 1 rings (SSSR count). The van der Waals surface area contributed by atoms with E-state index >= 15 is 0 Å². The smallest absolute Gasteiger partial charge is 0.123 e. The molecule has 15 heavy (non-hydrogen) atoms. The van der Waals surface area contributed by atoms with Crippen LogP contribution in [0, 0.1) is 5.82 Å². The summed E-state index contributed by atoms with van der Waals surface area (Å²) in [7, 11) is 0. The summed E-state index contributed by atoms with van der Waals surface area (Å²) in [5.74, 6) is -0.205. The number of hydrogen-bond donors (Lipinski definition) is 0. The molecule has 0 spiro atoms. The monoisotopic (exact) mass is 240 g/mol. The van der Waals surface area contributed by atoms with E-state index in [1.165, 1.54) is 12.1 Å². The van der Waals surface area contributed by atoms with Crippen molar-refractivity contribution in [3.05, 3.63) is 40.6 Å². The second-order valence-corrected chi connectivity index (χ2v) is 5.32. The highest BCUT2D eigenvalue weighted by atomic mass is 32.2. The average Bonchev–Trinajstić information content (AvgIpc) is 2.16. The van der Waals surface area contributed by atoms with Gasteiger partial charge in [-0.25, -0.2) is 4.39 Å². The van der Waals surface area contributed by atoms with Gasteiger partial charge in [0.1, 0.15) is 5.82 Å². The summed E-state index contributed by atoms with van der Waals surface area (Å²) in [6.45, 7) is 3.96. The van der Waals surface area contributed by atoms with E-state index in [4.69, 9.17) is 12.2 Å². The zero-order valence-corrected chi connectivity index (χ0v) is 10.4. The standard InChI is InChI=1S/C12H13FS2/c1-3-12(15-9(2)14)8-10-5-4-6-11(13)7-10/h4-8H,3H2,1-2H3/b12-8-. The van der Waals surface area contributed by atoms with Crippen molar-refractivity contribution in [2.45, 2.75) is 20.3 Å². The number of benzene rings is 1. The van der Waals surface area contributed by atoms with Gasteiger partial charge in [0.25, 0.3) is 0 Å². The van der Waals surface area contributed by atoms with Crippen LogP contribution in [0.4, 0.5) is 4.39 Å². The third kappa shape index (κ3) is 4.58. The van der Waals surface area contributed by atoms with Crippen LogP contribution in [0.15, 0.2) is 29.2 Å². The van der Waals surface area contributed by atoms with Gasteiger partial charge in [0, 0.05) is 4.20 Å². The first-order valence-electron chi connectivity index (χ1n) is 4.76. The Bertz CT molecular complexity index is 383. The van der Waals surface area contributed by atoms with Crippen LogP contribution in [0.1, 0.15) is 25.8 Å². The Morgan fingerprint density at radius 1 is 1.53 bits per heavy atom. The Morgan fingerprint density at radius 2 is 2.27 bits per heavy atom. The summed E-state index contributed by atoms with van der Waals surface area (Å²) in [6.07, 6.45) is 2.89. The Labute approximate surface area is 99.6 Å². The molecule has 0 heterocycles. The van der Waals surface area contributed by atoms with Crippen molar-refractivity contribution < 1.29 is 4.39 Å². The second-order valence-electron chi connectivity index (χ2n) is 3.11. The van der Waals surface area contributed by atoms with Crippen molar-refractivity contribution in [1.82, 2.24) is 0 Å². The van der Waals surface area contributed by atoms with Gasteiger partial charge in [-0.05, 0) is 42.0 Å². The molecule has 0 fully saturated rings. The number of rotatable bonds is 3. The minimum absolute atomic E-state index is 0.205. The maximum absolute atomic E-state index is 12.9. The van der Waals surface area contributed by atoms with Gasteiger partial charge in [0.2, 0.25) is 0 Å². The van der Waals surface area contributed by atoms with Crippen molar-refractivity contribution >= 4 is 34.3 Å². The van der Waals surface area contributed by atoms with Gasteiger partial charge in [-0.2, -0.15) is 0 Å². The highest BCUT2D eigenvalue weighted by Gasteiger charge is 1.98. The molecule has 1 aromatic rings. The molecule has 0 unspecified atom stereocenters. The Balaban J connectivity index is 2.87. The lowest BCUT2D eigenvalue weighted by Gasteiger charge is -2.02. The van der Waals surface area contributed by atoms with Gasteiger partial charge in [-0.3, -0.25) is 0 Å². The molecule has 0 saturated carbocycles. The summed E-state index contributed by atoms with van der Waals surface area (Å²) in [5, 5.41) is 0. The average molecular weight is 240 g/mol. The maximum atomic E-state index is 12.9. The summed E-state index contributed by atoms with van der Waals surface area (Å²) < 4.78 is 13.8. The van der Waals surface area contributed by atoms with Crippen LogP contribution < -0.4 is 0 Å². The molecule has 0 atom stereocenters. The third-order valence-electron chi connectivity index (χ3n) is 1.80. The molecule has 0 aliphatic rings. The molecule has 0 radical (unpaired) electrons. The number of thioether (sulfide) groups is 1. The highest BCUT2D eigenvalue weighted by Crippen LogP contribution is 2.23. The molecule has 0 N–H and O–H groups in total. The van der Waals surface area contributed by atoms with Gasteiger partial charge in [-0.15, -0.1) is 0 Å². The molecule has 0 bridgehead atoms. The Hall–Kier alpha value is -0.670. The van der Waals surface area contributed by atoms with Gasteiger partial charge < -0.3 is 0 Å². The fourth-order valence-electron chi connectivity index (χ4n) is 1.17. The summed E-state index contributed by atoms with van der Waals surface area (Å²) >= 11 is 6.60. The largest absolute Gasteiger partial charge is 0.207 e. The SMILES string of the molecule is CC/C(=C/c1cccc(F)c1)SC(C)=S. The molecule has 0 saturated heterocycles. The minimum atomic E-state index is -0.205. The van der Waals surface area contributed by atoms with Gasteiger partial charge in [0.05, 0.1) is 0 Å². The number of thiocarbonyl (C=S) groups is 1. The first-order chi connectivity index (χ1) is 7.11. The van der Waals surface area contributed by atoms with Crippen LogP contribution in [0.2, 0.25) is 0 Å². The molecule has 0 amide bonds. The molecule has 1 aromatic carbocycles. The van der Waals surface area contributed by atoms with Crippen LogP contribution in [0.5, 0.6) is 0 Å². The first-order valence-corrected chi connectivity index (χ1v) is 5.99. The molecule has 80 valence electrons. The second kappa shape index (κ2) is 6.03. The lowest BCUT2D eigenvalue weighted by molar-refractivity contribution is 0.627. The molecule has 0 aliphatic carbocycles. The van der Waals surface area contributed by atoms with Crippen LogP contribution in [-0.4, -0.2) is 4.20 Å². The number of halogens is 1. The fourth-order valence-corrected chi connectivity index (χ4v) is 2.20. The number of allylic oxidation sites excluding steroid dienone is 1. The van der Waals surface area contributed by atoms with Crippen molar-refractivity contribution in [3.8, 4) is 0 Å². The predicted molar refractivity (Wildman–Crippen MR) is 70.5 cm³/mol. The molecule has 0 nitrogen and oxygen atoms in total. The lowest BCUT2D eigenvalue weighted by atomic mass is 10.2. The topological polar surface area (TPSA) is 0 Å². The quantitative estimate of drug-likeness (QED) is 0.705. The van der Waals surface area contributed by atoms with Gasteiger partial charge >= 0.3 is 0 Å². The van der Waals surface area contributed by atoms with E-state index in [9.17, 15) is 4.39 Å². The van der Waals surface area contributed by atoms with Gasteiger partial charge in [0.15, 0.2) is 0 Å². The van der Waals surface area contributed by atoms with Gasteiger partial charge in [-0.1, -0.05) is 43.0 Å². The molecule has 0 aliphatic heterocycles. The van der Waals surface area contributed by atoms with Crippen molar-refractivity contribution in [2.75, 3.05) is 0 Å². The third-order valence-corrected chi connectivity index (χ3v) is 3.01. The van der Waals surface area contributed by atoms with E-state index in [1.807, 2.05) is 19.1 Å². The normalized spacial score (nSPS) is 11.5. The van der Waals surface area contributed by atoms with E-state index in [0.717, 1.165) is 21.1 Å². The van der Waals surface area contributed by atoms with Crippen LogP contribution in [0.25, 0.3) is 6.08 Å². The number of hydrogen-bond acceptors (Lipinski definition) is 2. The van der Waals surface area contributed by atoms with E-state index in [0.29, 0.717) is 0 Å². The van der Waals surface area contributed by atoms with E-state index in [-0.39, 0.29) is 5.82 Å². The Kier molecular flexibility index (Phi) is 4.99. The maximum Gasteiger partial charge on any atom is 0.123 e.